The number of nitriles is 1. The van der Waals surface area contributed by atoms with Crippen LogP contribution in [0.4, 0.5) is 0 Å². The van der Waals surface area contributed by atoms with Crippen molar-refractivity contribution in [3.05, 3.63) is 363 Å². The Morgan fingerprint density at radius 1 is 0.292 bits per heavy atom. The Morgan fingerprint density at radius 3 is 0.967 bits per heavy atom. The van der Waals surface area contributed by atoms with E-state index >= 15 is 0 Å². The largest absolute Gasteiger partial charge is 0.453 e. The first-order valence-corrected chi connectivity index (χ1v) is 40.9. The van der Waals surface area contributed by atoms with E-state index in [1.165, 1.54) is 98.0 Å². The van der Waals surface area contributed by atoms with E-state index in [0.717, 1.165) is 166 Å². The average Bonchev–Trinajstić information content (AvgIpc) is 1.19. The van der Waals surface area contributed by atoms with Crippen LogP contribution >= 0.6 is 0 Å². The van der Waals surface area contributed by atoms with Gasteiger partial charge in [-0.2, -0.15) is 5.26 Å². The average molecular weight is 1540 g/mol. The molecule has 5 aromatic heterocycles. The third-order valence-corrected chi connectivity index (χ3v) is 24.2. The molecule has 0 saturated heterocycles. The van der Waals surface area contributed by atoms with Gasteiger partial charge in [0.05, 0.1) is 50.8 Å². The predicted molar refractivity (Wildman–Crippen MR) is 487 cm³/mol. The van der Waals surface area contributed by atoms with Gasteiger partial charge in [-0.05, 0) is 217 Å². The maximum absolute atomic E-state index is 9.34. The maximum atomic E-state index is 9.34. The zero-order chi connectivity index (χ0) is 79.8. The summed E-state index contributed by atoms with van der Waals surface area (Å²) >= 11 is 0. The lowest BCUT2D eigenvalue weighted by Gasteiger charge is -2.23. The Labute approximate surface area is 690 Å². The molecule has 0 radical (unpaired) electrons. The van der Waals surface area contributed by atoms with Gasteiger partial charge in [0.25, 0.3) is 0 Å². The number of imidazole rings is 3. The minimum atomic E-state index is 0.658. The second-order valence-electron chi connectivity index (χ2n) is 30.7. The van der Waals surface area contributed by atoms with Gasteiger partial charge in [-0.1, -0.05) is 245 Å². The summed E-state index contributed by atoms with van der Waals surface area (Å²) in [6, 6.07) is 115. The summed E-state index contributed by atoms with van der Waals surface area (Å²) in [5.41, 5.74) is 24.7. The fraction of sp³-hybridized carbons (Fsp3) is 0.0556. The number of fused-ring (bicyclic) bond motifs is 13. The summed E-state index contributed by atoms with van der Waals surface area (Å²) in [5, 5.41) is 24.8. The van der Waals surface area contributed by atoms with Gasteiger partial charge in [0.2, 0.25) is 0 Å². The molecule has 12 nitrogen and oxygen atoms in total. The lowest BCUT2D eigenvalue weighted by atomic mass is 9.85. The van der Waals surface area contributed by atoms with Crippen LogP contribution in [0, 0.1) is 11.3 Å². The van der Waals surface area contributed by atoms with E-state index in [-0.39, 0.29) is 0 Å². The van der Waals surface area contributed by atoms with Gasteiger partial charge in [0, 0.05) is 54.4 Å². The van der Waals surface area contributed by atoms with E-state index in [2.05, 4.69) is 288 Å². The van der Waals surface area contributed by atoms with Crippen LogP contribution in [0.1, 0.15) is 43.8 Å². The molecular weight excluding hydrogens is 1470 g/mol. The molecule has 0 N–H and O–H groups in total. The highest BCUT2D eigenvalue weighted by molar-refractivity contribution is 6.25. The van der Waals surface area contributed by atoms with Crippen LogP contribution in [0.3, 0.4) is 0 Å². The SMILES string of the molecule is CCc1nc2cccc3c2n1-c1ccc(-c2c4ccccc4c(-c4ccc(C#N)cc4)c4ccccc24)cc1O3.CCc1nc2cccc3c2n1-c1ccc(-c2c4ccccc4c(-c4cccc5cccnc45)c4ccccc24)cc1O3.CCc1nc2cccc3c2n1-c1ccc(-c2c4ccccc4c(-c4cccnc4)c4ccccc24)cc1O3. The van der Waals surface area contributed by atoms with E-state index in [9.17, 15) is 5.26 Å². The molecular formula is C108H71N9O3. The van der Waals surface area contributed by atoms with Crippen LogP contribution in [-0.2, 0) is 19.3 Å². The summed E-state index contributed by atoms with van der Waals surface area (Å²) in [5.74, 6) is 8.16. The Bertz CT molecular complexity index is 7940. The Balaban J connectivity index is 0.000000105. The first-order valence-electron chi connectivity index (χ1n) is 40.9. The van der Waals surface area contributed by atoms with Crippen molar-refractivity contribution in [3.63, 3.8) is 0 Å². The molecule has 22 aromatic rings. The van der Waals surface area contributed by atoms with Gasteiger partial charge in [-0.15, -0.1) is 0 Å². The Kier molecular flexibility index (Phi) is 16.2. The maximum Gasteiger partial charge on any atom is 0.153 e. The zero-order valence-corrected chi connectivity index (χ0v) is 65.7. The number of rotatable bonds is 9. The number of nitrogens with zero attached hydrogens (tertiary/aromatic N) is 9. The van der Waals surface area contributed by atoms with Gasteiger partial charge in [0.1, 0.15) is 34.0 Å². The molecule has 0 amide bonds. The fourth-order valence-corrected chi connectivity index (χ4v) is 19.1. The van der Waals surface area contributed by atoms with Crippen LogP contribution in [0.2, 0.25) is 0 Å². The highest BCUT2D eigenvalue weighted by Crippen LogP contribution is 2.53. The third-order valence-electron chi connectivity index (χ3n) is 24.2. The summed E-state index contributed by atoms with van der Waals surface area (Å²) in [6.45, 7) is 6.44. The van der Waals surface area contributed by atoms with Crippen molar-refractivity contribution in [2.24, 2.45) is 0 Å². The van der Waals surface area contributed by atoms with E-state index in [0.29, 0.717) is 5.56 Å². The number of hydrogen-bond donors (Lipinski definition) is 0. The van der Waals surface area contributed by atoms with Crippen molar-refractivity contribution in [1.82, 2.24) is 38.6 Å². The van der Waals surface area contributed by atoms with Crippen molar-refractivity contribution in [3.8, 4) is 124 Å². The molecule has 0 fully saturated rings. The smallest absolute Gasteiger partial charge is 0.153 e. The molecule has 17 aromatic carbocycles. The number of para-hydroxylation sites is 4. The molecule has 0 spiro atoms. The molecule has 3 aliphatic heterocycles. The van der Waals surface area contributed by atoms with Crippen molar-refractivity contribution < 1.29 is 14.2 Å². The lowest BCUT2D eigenvalue weighted by Crippen LogP contribution is -2.07. The minimum Gasteiger partial charge on any atom is -0.453 e. The normalized spacial score (nSPS) is 12.1. The van der Waals surface area contributed by atoms with Gasteiger partial charge < -0.3 is 14.2 Å². The van der Waals surface area contributed by atoms with Crippen molar-refractivity contribution in [2.75, 3.05) is 0 Å². The molecule has 120 heavy (non-hydrogen) atoms. The molecule has 0 atom stereocenters. The molecule has 25 rings (SSSR count). The fourth-order valence-electron chi connectivity index (χ4n) is 19.1. The Morgan fingerprint density at radius 2 is 0.617 bits per heavy atom. The number of aryl methyl sites for hydroxylation is 3. The van der Waals surface area contributed by atoms with Crippen molar-refractivity contribution >= 4 is 109 Å². The van der Waals surface area contributed by atoms with E-state index in [4.69, 9.17) is 34.1 Å². The van der Waals surface area contributed by atoms with Gasteiger partial charge in [0.15, 0.2) is 34.5 Å². The molecule has 0 aliphatic carbocycles. The highest BCUT2D eigenvalue weighted by Gasteiger charge is 2.31. The minimum absolute atomic E-state index is 0.658. The third kappa shape index (κ3) is 10.9. The summed E-state index contributed by atoms with van der Waals surface area (Å²) < 4.78 is 26.4. The molecule has 3 aliphatic rings. The quantitative estimate of drug-likeness (QED) is 0.130. The summed E-state index contributed by atoms with van der Waals surface area (Å²) in [6.07, 6.45) is 8.19. The predicted octanol–water partition coefficient (Wildman–Crippen LogP) is 27.8. The second-order valence-corrected chi connectivity index (χ2v) is 30.7. The van der Waals surface area contributed by atoms with E-state index < -0.39 is 0 Å². The molecule has 8 heterocycles. The van der Waals surface area contributed by atoms with Crippen LogP contribution in [0.5, 0.6) is 34.5 Å². The van der Waals surface area contributed by atoms with E-state index in [1.807, 2.05) is 97.5 Å². The molecule has 566 valence electrons. The molecule has 0 unspecified atom stereocenters. The van der Waals surface area contributed by atoms with Gasteiger partial charge >= 0.3 is 0 Å². The first kappa shape index (κ1) is 69.6. The van der Waals surface area contributed by atoms with Gasteiger partial charge in [-0.3, -0.25) is 23.7 Å². The first-order chi connectivity index (χ1) is 59.4. The molecule has 12 heteroatoms. The number of aromatic nitrogens is 8. The van der Waals surface area contributed by atoms with Crippen LogP contribution in [0.15, 0.2) is 340 Å². The molecule has 0 saturated carbocycles. The van der Waals surface area contributed by atoms with Gasteiger partial charge in [-0.25, -0.2) is 15.0 Å². The van der Waals surface area contributed by atoms with Crippen LogP contribution in [-0.4, -0.2) is 38.6 Å². The van der Waals surface area contributed by atoms with E-state index in [1.54, 1.807) is 0 Å². The number of pyridine rings is 2. The number of benzene rings is 17. The number of ether oxygens (including phenoxy) is 3. The lowest BCUT2D eigenvalue weighted by molar-refractivity contribution is 0.474. The topological polar surface area (TPSA) is 131 Å². The summed E-state index contributed by atoms with van der Waals surface area (Å²) in [4.78, 5) is 23.9. The zero-order valence-electron chi connectivity index (χ0n) is 65.7. The Hall–Kier alpha value is -15.8. The second kappa shape index (κ2) is 28.0. The van der Waals surface area contributed by atoms with Crippen molar-refractivity contribution in [1.29, 1.82) is 5.26 Å². The highest BCUT2D eigenvalue weighted by atomic mass is 16.5. The standard InChI is InChI=1S/C38H25N3O.C36H23N3O.C34H23N3O/c1-2-34-40-30-17-8-18-32-38(30)41(34)31-20-19-24(22-33(31)42-32)35-25-12-3-5-14-27(25)36(28-15-6-4-13-26(28)35)29-16-7-10-23-11-9-21-39-37(23)29;1-2-33-38-29-12-7-13-31-36(29)39(33)30-19-18-24(20-32(30)40-31)35-27-10-5-3-8-25(27)34(26-9-4-6-11-28(26)35)23-16-14-22(21-37)15-17-23;1-2-31-36-27-14-7-15-29-34(27)37(31)28-17-16-21(19-30(28)38-29)32-23-10-3-5-12-25(23)33(22-9-8-18-35-20-22)26-13-6-4-11-24(26)32/h3-22H,2H2,1H3;3-20H,2H2,1H3;3-20H,2H2,1H3. The van der Waals surface area contributed by atoms with Crippen LogP contribution in [0.25, 0.3) is 192 Å². The molecule has 0 bridgehead atoms. The monoisotopic (exact) mass is 1540 g/mol. The van der Waals surface area contributed by atoms with Crippen LogP contribution < -0.4 is 14.2 Å². The number of hydrogen-bond acceptors (Lipinski definition) is 9. The van der Waals surface area contributed by atoms with Crippen molar-refractivity contribution in [2.45, 2.75) is 40.0 Å². The summed E-state index contributed by atoms with van der Waals surface area (Å²) in [7, 11) is 0.